The number of hydrogen-bond acceptors (Lipinski definition) is 3. The number of nitrogens with one attached hydrogen (secondary N) is 1. The van der Waals surface area contributed by atoms with E-state index in [1.54, 1.807) is 6.20 Å². The van der Waals surface area contributed by atoms with Gasteiger partial charge in [0, 0.05) is 29.6 Å². The van der Waals surface area contributed by atoms with E-state index in [-0.39, 0.29) is 10.9 Å². The number of alkyl halides is 2. The molecule has 0 saturated heterocycles. The highest BCUT2D eigenvalue weighted by molar-refractivity contribution is 6.29. The van der Waals surface area contributed by atoms with Crippen LogP contribution in [0.2, 0.25) is 5.15 Å². The fourth-order valence-corrected chi connectivity index (χ4v) is 1.37. The van der Waals surface area contributed by atoms with Gasteiger partial charge in [0.25, 0.3) is 0 Å². The molecule has 0 fully saturated rings. The van der Waals surface area contributed by atoms with Crippen molar-refractivity contribution in [2.45, 2.75) is 6.61 Å². The van der Waals surface area contributed by atoms with Crippen LogP contribution in [0.15, 0.2) is 24.7 Å². The molecule has 16 heavy (non-hydrogen) atoms. The Labute approximate surface area is 94.2 Å². The molecule has 2 aromatic rings. The minimum Gasteiger partial charge on any atom is -0.434 e. The summed E-state index contributed by atoms with van der Waals surface area (Å²) in [5.74, 6) is -0.0311. The van der Waals surface area contributed by atoms with Crippen molar-refractivity contribution < 1.29 is 13.5 Å². The number of aromatic amines is 1. The summed E-state index contributed by atoms with van der Waals surface area (Å²) in [6.07, 6.45) is 4.37. The topological polar surface area (TPSA) is 50.8 Å². The number of rotatable bonds is 3. The van der Waals surface area contributed by atoms with E-state index < -0.39 is 6.61 Å². The summed E-state index contributed by atoms with van der Waals surface area (Å²) in [5.41, 5.74) is 0.998. The molecule has 2 heterocycles. The molecule has 0 radical (unpaired) electrons. The first-order chi connectivity index (χ1) is 7.66. The summed E-state index contributed by atoms with van der Waals surface area (Å²) in [7, 11) is 0. The fraction of sp³-hybridized carbons (Fsp3) is 0.111. The monoisotopic (exact) mass is 245 g/mol. The maximum atomic E-state index is 12.2. The van der Waals surface area contributed by atoms with Crippen LogP contribution in [0.25, 0.3) is 11.1 Å². The number of H-pyrrole nitrogens is 1. The van der Waals surface area contributed by atoms with Crippen molar-refractivity contribution in [3.63, 3.8) is 0 Å². The Morgan fingerprint density at radius 2 is 2.19 bits per heavy atom. The molecule has 0 bridgehead atoms. The second-order valence-electron chi connectivity index (χ2n) is 2.87. The van der Waals surface area contributed by atoms with Crippen LogP contribution in [0.5, 0.6) is 5.75 Å². The minimum atomic E-state index is -2.91. The normalized spacial score (nSPS) is 10.8. The maximum Gasteiger partial charge on any atom is 0.387 e. The molecular weight excluding hydrogens is 240 g/mol. The van der Waals surface area contributed by atoms with Gasteiger partial charge in [-0.3, -0.25) is 5.10 Å². The average Bonchev–Trinajstić information content (AvgIpc) is 2.69. The van der Waals surface area contributed by atoms with Gasteiger partial charge in [0.15, 0.2) is 0 Å². The van der Waals surface area contributed by atoms with Gasteiger partial charge in [0.1, 0.15) is 10.9 Å². The van der Waals surface area contributed by atoms with Crippen molar-refractivity contribution in [2.75, 3.05) is 0 Å². The largest absolute Gasteiger partial charge is 0.434 e. The second-order valence-corrected chi connectivity index (χ2v) is 3.26. The zero-order chi connectivity index (χ0) is 11.5. The zero-order valence-electron chi connectivity index (χ0n) is 7.82. The molecule has 0 aliphatic rings. The van der Waals surface area contributed by atoms with E-state index in [4.69, 9.17) is 11.6 Å². The van der Waals surface area contributed by atoms with Crippen molar-refractivity contribution in [2.24, 2.45) is 0 Å². The first kappa shape index (κ1) is 10.8. The van der Waals surface area contributed by atoms with E-state index in [2.05, 4.69) is 19.9 Å². The van der Waals surface area contributed by atoms with Crippen LogP contribution < -0.4 is 4.74 Å². The molecule has 0 spiro atoms. The Balaban J connectivity index is 2.44. The summed E-state index contributed by atoms with van der Waals surface area (Å²) in [4.78, 5) is 3.80. The molecule has 2 rings (SSSR count). The highest BCUT2D eigenvalue weighted by Gasteiger charge is 2.13. The zero-order valence-corrected chi connectivity index (χ0v) is 8.58. The molecule has 0 atom stereocenters. The van der Waals surface area contributed by atoms with E-state index in [0.29, 0.717) is 11.1 Å². The third-order valence-corrected chi connectivity index (χ3v) is 2.06. The number of nitrogens with zero attached hydrogens (tertiary/aromatic N) is 2. The number of halogens is 3. The lowest BCUT2D eigenvalue weighted by Gasteiger charge is -2.08. The Morgan fingerprint density at radius 3 is 2.81 bits per heavy atom. The molecule has 0 unspecified atom stereocenters. The van der Waals surface area contributed by atoms with Crippen LogP contribution in [0.3, 0.4) is 0 Å². The van der Waals surface area contributed by atoms with Gasteiger partial charge >= 0.3 is 6.61 Å². The van der Waals surface area contributed by atoms with Gasteiger partial charge < -0.3 is 4.74 Å². The molecule has 7 heteroatoms. The molecule has 84 valence electrons. The SMILES string of the molecule is FC(F)Oc1cc(Cl)ncc1-c1cn[nH]c1. The van der Waals surface area contributed by atoms with E-state index >= 15 is 0 Å². The van der Waals surface area contributed by atoms with Crippen molar-refractivity contribution in [3.05, 3.63) is 29.8 Å². The molecule has 0 aliphatic heterocycles. The van der Waals surface area contributed by atoms with Crippen molar-refractivity contribution in [1.82, 2.24) is 15.2 Å². The van der Waals surface area contributed by atoms with Gasteiger partial charge in [0.05, 0.1) is 6.20 Å². The molecule has 0 aliphatic carbocycles. The van der Waals surface area contributed by atoms with Crippen LogP contribution in [0.1, 0.15) is 0 Å². The molecular formula is C9H6ClF2N3O. The predicted octanol–water partition coefficient (Wildman–Crippen LogP) is 2.73. The highest BCUT2D eigenvalue weighted by Crippen LogP contribution is 2.31. The van der Waals surface area contributed by atoms with Crippen LogP contribution in [-0.2, 0) is 0 Å². The molecule has 0 amide bonds. The summed E-state index contributed by atoms with van der Waals surface area (Å²) in [6, 6.07) is 1.23. The molecule has 0 aromatic carbocycles. The molecule has 1 N–H and O–H groups in total. The summed E-state index contributed by atoms with van der Waals surface area (Å²) >= 11 is 5.60. The molecule has 4 nitrogen and oxygen atoms in total. The standard InChI is InChI=1S/C9H6ClF2N3O/c10-8-1-7(16-9(11)12)6(4-13-8)5-2-14-15-3-5/h1-4,9H,(H,14,15). The Hall–Kier alpha value is -1.69. The van der Waals surface area contributed by atoms with Crippen LogP contribution >= 0.6 is 11.6 Å². The Bertz CT molecular complexity index is 476. The highest BCUT2D eigenvalue weighted by atomic mass is 35.5. The van der Waals surface area contributed by atoms with Gasteiger partial charge in [-0.15, -0.1) is 0 Å². The van der Waals surface area contributed by atoms with Gasteiger partial charge in [-0.1, -0.05) is 11.6 Å². The second kappa shape index (κ2) is 4.44. The number of hydrogen-bond donors (Lipinski definition) is 1. The fourth-order valence-electron chi connectivity index (χ4n) is 1.22. The van der Waals surface area contributed by atoms with Gasteiger partial charge in [0.2, 0.25) is 0 Å². The van der Waals surface area contributed by atoms with Crippen LogP contribution in [0.4, 0.5) is 8.78 Å². The summed E-state index contributed by atoms with van der Waals surface area (Å²) < 4.78 is 28.7. The average molecular weight is 246 g/mol. The van der Waals surface area contributed by atoms with E-state index in [1.807, 2.05) is 0 Å². The minimum absolute atomic E-state index is 0.0311. The van der Waals surface area contributed by atoms with Crippen LogP contribution in [0, 0.1) is 0 Å². The Kier molecular flexibility index (Phi) is 3.00. The number of pyridine rings is 1. The van der Waals surface area contributed by atoms with Gasteiger partial charge in [-0.2, -0.15) is 13.9 Å². The van der Waals surface area contributed by atoms with Gasteiger partial charge in [-0.25, -0.2) is 4.98 Å². The quantitative estimate of drug-likeness (QED) is 0.846. The summed E-state index contributed by atoms with van der Waals surface area (Å²) in [5, 5.41) is 6.37. The van der Waals surface area contributed by atoms with E-state index in [9.17, 15) is 8.78 Å². The van der Waals surface area contributed by atoms with E-state index in [1.165, 1.54) is 18.5 Å². The van der Waals surface area contributed by atoms with Crippen molar-refractivity contribution >= 4 is 11.6 Å². The maximum absolute atomic E-state index is 12.2. The first-order valence-electron chi connectivity index (χ1n) is 4.26. The number of ether oxygens (including phenoxy) is 1. The first-order valence-corrected chi connectivity index (χ1v) is 4.64. The lowest BCUT2D eigenvalue weighted by molar-refractivity contribution is -0.0494. The lowest BCUT2D eigenvalue weighted by Crippen LogP contribution is -2.03. The Morgan fingerprint density at radius 1 is 1.38 bits per heavy atom. The van der Waals surface area contributed by atoms with Crippen LogP contribution in [-0.4, -0.2) is 21.8 Å². The predicted molar refractivity (Wildman–Crippen MR) is 53.5 cm³/mol. The van der Waals surface area contributed by atoms with Gasteiger partial charge in [-0.05, 0) is 0 Å². The third kappa shape index (κ3) is 2.27. The van der Waals surface area contributed by atoms with E-state index in [0.717, 1.165) is 0 Å². The number of aromatic nitrogens is 3. The summed E-state index contributed by atoms with van der Waals surface area (Å²) in [6.45, 7) is -2.91. The van der Waals surface area contributed by atoms with Crippen molar-refractivity contribution in [3.8, 4) is 16.9 Å². The smallest absolute Gasteiger partial charge is 0.387 e. The van der Waals surface area contributed by atoms with Crippen molar-refractivity contribution in [1.29, 1.82) is 0 Å². The lowest BCUT2D eigenvalue weighted by atomic mass is 10.1. The molecule has 0 saturated carbocycles. The third-order valence-electron chi connectivity index (χ3n) is 1.86. The molecule has 2 aromatic heterocycles.